The van der Waals surface area contributed by atoms with Crippen molar-refractivity contribution in [3.63, 3.8) is 0 Å². The van der Waals surface area contributed by atoms with Crippen molar-refractivity contribution in [3.05, 3.63) is 53.6 Å². The van der Waals surface area contributed by atoms with Crippen LogP contribution in [0, 0.1) is 0 Å². The number of carbonyl (C=O) groups is 1. The Morgan fingerprint density at radius 2 is 1.84 bits per heavy atom. The normalized spacial score (nSPS) is 11.4. The third-order valence-electron chi connectivity index (χ3n) is 3.63. The summed E-state index contributed by atoms with van der Waals surface area (Å²) in [5.74, 6) is 0.581. The van der Waals surface area contributed by atoms with Crippen LogP contribution in [0.3, 0.4) is 0 Å². The number of nitrogens with one attached hydrogen (secondary N) is 1. The fourth-order valence-corrected chi connectivity index (χ4v) is 2.15. The molecule has 0 heterocycles. The predicted molar refractivity (Wildman–Crippen MR) is 96.2 cm³/mol. The zero-order valence-corrected chi connectivity index (χ0v) is 14.5. The predicted octanol–water partition coefficient (Wildman–Crippen LogP) is 3.14. The highest BCUT2D eigenvalue weighted by atomic mass is 16.5. The van der Waals surface area contributed by atoms with Gasteiger partial charge in [0, 0.05) is 5.56 Å². The fourth-order valence-electron chi connectivity index (χ4n) is 2.15. The number of phenolic OH excluding ortho intramolecular Hbond substituents is 2. The third kappa shape index (κ3) is 5.24. The minimum atomic E-state index is -0.424. The number of amides is 1. The van der Waals surface area contributed by atoms with Crippen molar-refractivity contribution in [2.45, 2.75) is 26.7 Å². The molecule has 25 heavy (non-hydrogen) atoms. The molecule has 0 fully saturated rings. The number of carbonyl (C=O) groups excluding carboxylic acids is 1. The molecule has 6 heteroatoms. The highest BCUT2D eigenvalue weighted by Crippen LogP contribution is 2.22. The summed E-state index contributed by atoms with van der Waals surface area (Å²) in [5, 5.41) is 23.1. The molecule has 2 rings (SSSR count). The first kappa shape index (κ1) is 18.3. The van der Waals surface area contributed by atoms with Crippen LogP contribution >= 0.6 is 0 Å². The number of ether oxygens (including phenoxy) is 1. The van der Waals surface area contributed by atoms with E-state index in [0.29, 0.717) is 22.9 Å². The van der Waals surface area contributed by atoms with Gasteiger partial charge in [-0.1, -0.05) is 26.0 Å². The number of hydrogen-bond donors (Lipinski definition) is 3. The number of rotatable bonds is 6. The van der Waals surface area contributed by atoms with Crippen LogP contribution in [0.4, 0.5) is 0 Å². The van der Waals surface area contributed by atoms with Gasteiger partial charge in [0.15, 0.2) is 6.61 Å². The summed E-state index contributed by atoms with van der Waals surface area (Å²) in [4.78, 5) is 11.8. The average molecular weight is 342 g/mol. The fraction of sp³-hybridized carbons (Fsp3) is 0.263. The van der Waals surface area contributed by atoms with Gasteiger partial charge in [0.1, 0.15) is 17.2 Å². The number of nitrogens with zero attached hydrogens (tertiary/aromatic N) is 1. The quantitative estimate of drug-likeness (QED) is 0.427. The first-order valence-electron chi connectivity index (χ1n) is 7.95. The van der Waals surface area contributed by atoms with Gasteiger partial charge in [-0.3, -0.25) is 4.79 Å². The van der Waals surface area contributed by atoms with E-state index in [1.165, 1.54) is 23.8 Å². The van der Waals surface area contributed by atoms with Crippen LogP contribution in [0.1, 0.15) is 37.8 Å². The van der Waals surface area contributed by atoms with Crippen molar-refractivity contribution in [2.24, 2.45) is 5.10 Å². The number of benzene rings is 2. The Morgan fingerprint density at radius 3 is 2.48 bits per heavy atom. The molecule has 0 aromatic heterocycles. The summed E-state index contributed by atoms with van der Waals surface area (Å²) in [6.07, 6.45) is 0. The van der Waals surface area contributed by atoms with Gasteiger partial charge in [0.25, 0.3) is 5.91 Å². The standard InChI is InChI=1S/C19H22N2O4/c1-12(2)14-4-7-16(8-5-14)25-11-19(24)21-20-13(3)17-10-15(22)6-9-18(17)23/h4-10,12,22-23H,11H2,1-3H3,(H,21,24)/b20-13-. The second-order valence-corrected chi connectivity index (χ2v) is 5.95. The second-order valence-electron chi connectivity index (χ2n) is 5.95. The third-order valence-corrected chi connectivity index (χ3v) is 3.63. The highest BCUT2D eigenvalue weighted by Gasteiger charge is 2.08. The van der Waals surface area contributed by atoms with E-state index in [4.69, 9.17) is 4.74 Å². The lowest BCUT2D eigenvalue weighted by atomic mass is 10.0. The van der Waals surface area contributed by atoms with E-state index in [0.717, 1.165) is 0 Å². The molecule has 0 saturated carbocycles. The van der Waals surface area contributed by atoms with Crippen LogP contribution in [-0.2, 0) is 4.79 Å². The van der Waals surface area contributed by atoms with E-state index in [9.17, 15) is 15.0 Å². The molecule has 2 aromatic rings. The average Bonchev–Trinajstić information content (AvgIpc) is 2.60. The van der Waals surface area contributed by atoms with Gasteiger partial charge in [0.05, 0.1) is 5.71 Å². The van der Waals surface area contributed by atoms with Gasteiger partial charge in [-0.05, 0) is 48.7 Å². The van der Waals surface area contributed by atoms with Crippen molar-refractivity contribution in [1.29, 1.82) is 0 Å². The Balaban J connectivity index is 1.90. The monoisotopic (exact) mass is 342 g/mol. The van der Waals surface area contributed by atoms with Crippen molar-refractivity contribution < 1.29 is 19.7 Å². The lowest BCUT2D eigenvalue weighted by molar-refractivity contribution is -0.123. The maximum atomic E-state index is 11.8. The summed E-state index contributed by atoms with van der Waals surface area (Å²) < 4.78 is 5.41. The molecular formula is C19H22N2O4. The Kier molecular flexibility index (Phi) is 6.00. The Hall–Kier alpha value is -3.02. The Morgan fingerprint density at radius 1 is 1.16 bits per heavy atom. The molecule has 1 amide bonds. The van der Waals surface area contributed by atoms with E-state index < -0.39 is 5.91 Å². The second kappa shape index (κ2) is 8.19. The van der Waals surface area contributed by atoms with Crippen LogP contribution in [0.15, 0.2) is 47.6 Å². The molecule has 0 unspecified atom stereocenters. The number of phenols is 2. The van der Waals surface area contributed by atoms with Gasteiger partial charge in [-0.2, -0.15) is 5.10 Å². The maximum Gasteiger partial charge on any atom is 0.277 e. The van der Waals surface area contributed by atoms with E-state index in [1.54, 1.807) is 6.92 Å². The number of hydrogen-bond acceptors (Lipinski definition) is 5. The molecule has 0 aliphatic heterocycles. The van der Waals surface area contributed by atoms with Gasteiger partial charge in [0.2, 0.25) is 0 Å². The molecule has 0 radical (unpaired) electrons. The molecule has 0 saturated heterocycles. The van der Waals surface area contributed by atoms with Crippen LogP contribution in [0.2, 0.25) is 0 Å². The first-order valence-corrected chi connectivity index (χ1v) is 7.95. The minimum Gasteiger partial charge on any atom is -0.508 e. The molecule has 0 bridgehead atoms. The number of hydrazone groups is 1. The summed E-state index contributed by atoms with van der Waals surface area (Å²) in [5.41, 5.74) is 4.26. The smallest absolute Gasteiger partial charge is 0.277 e. The van der Waals surface area contributed by atoms with Crippen LogP contribution in [-0.4, -0.2) is 28.4 Å². The SMILES string of the molecule is C/C(=N/NC(=O)COc1ccc(C(C)C)cc1)c1cc(O)ccc1O. The number of aromatic hydroxyl groups is 2. The van der Waals surface area contributed by atoms with Crippen molar-refractivity contribution in [1.82, 2.24) is 5.43 Å². The lowest BCUT2D eigenvalue weighted by Gasteiger charge is -2.09. The van der Waals surface area contributed by atoms with E-state index in [1.807, 2.05) is 24.3 Å². The van der Waals surface area contributed by atoms with Crippen molar-refractivity contribution >= 4 is 11.6 Å². The van der Waals surface area contributed by atoms with E-state index in [-0.39, 0.29) is 18.1 Å². The van der Waals surface area contributed by atoms with Gasteiger partial charge >= 0.3 is 0 Å². The molecule has 2 aromatic carbocycles. The summed E-state index contributed by atoms with van der Waals surface area (Å²) >= 11 is 0. The minimum absolute atomic E-state index is 0.00172. The van der Waals surface area contributed by atoms with Crippen LogP contribution in [0.5, 0.6) is 17.2 Å². The van der Waals surface area contributed by atoms with Crippen LogP contribution < -0.4 is 10.2 Å². The van der Waals surface area contributed by atoms with Gasteiger partial charge in [-0.15, -0.1) is 0 Å². The summed E-state index contributed by atoms with van der Waals surface area (Å²) in [7, 11) is 0. The molecule has 0 aliphatic rings. The van der Waals surface area contributed by atoms with Crippen molar-refractivity contribution in [3.8, 4) is 17.2 Å². The highest BCUT2D eigenvalue weighted by molar-refractivity contribution is 6.01. The molecule has 0 spiro atoms. The first-order chi connectivity index (χ1) is 11.9. The summed E-state index contributed by atoms with van der Waals surface area (Å²) in [6, 6.07) is 11.7. The summed E-state index contributed by atoms with van der Waals surface area (Å²) in [6.45, 7) is 5.64. The lowest BCUT2D eigenvalue weighted by Crippen LogP contribution is -2.25. The molecular weight excluding hydrogens is 320 g/mol. The van der Waals surface area contributed by atoms with E-state index in [2.05, 4.69) is 24.4 Å². The molecule has 132 valence electrons. The molecule has 0 atom stereocenters. The largest absolute Gasteiger partial charge is 0.508 e. The topological polar surface area (TPSA) is 91.2 Å². The molecule has 0 aliphatic carbocycles. The Bertz CT molecular complexity index is 767. The van der Waals surface area contributed by atoms with E-state index >= 15 is 0 Å². The zero-order valence-electron chi connectivity index (χ0n) is 14.5. The molecule has 3 N–H and O–H groups in total. The Labute approximate surface area is 146 Å². The van der Waals surface area contributed by atoms with Gasteiger partial charge in [-0.25, -0.2) is 5.43 Å². The van der Waals surface area contributed by atoms with Crippen molar-refractivity contribution in [2.75, 3.05) is 6.61 Å². The molecule has 6 nitrogen and oxygen atoms in total. The van der Waals surface area contributed by atoms with Crippen LogP contribution in [0.25, 0.3) is 0 Å². The maximum absolute atomic E-state index is 11.8. The van der Waals surface area contributed by atoms with Gasteiger partial charge < -0.3 is 14.9 Å². The zero-order chi connectivity index (χ0) is 18.4.